The maximum Gasteiger partial charge on any atom is 0.220 e. The quantitative estimate of drug-likeness (QED) is 0.167. The lowest BCUT2D eigenvalue weighted by atomic mass is 9.99. The SMILES string of the molecule is C=Cc1c2c(n(-c3ccc4c(c3)c3ccccc3n4-c3ccc4oc5ccc(-c6ccc7oc8cccc(-n9c%10ccccc%10n%10c%11ccccc%11nc9%10)c8c7c6)cc5c4c3)c1C=C)C=CCC2. The van der Waals surface area contributed by atoms with Crippen molar-refractivity contribution in [3.05, 3.63) is 206 Å². The summed E-state index contributed by atoms with van der Waals surface area (Å²) in [6.07, 6.45) is 10.5. The summed E-state index contributed by atoms with van der Waals surface area (Å²) in [7, 11) is 0. The summed E-state index contributed by atoms with van der Waals surface area (Å²) in [6, 6.07) is 58.3. The lowest BCUT2D eigenvalue weighted by Crippen LogP contribution is -2.02. The number of aromatic nitrogens is 5. The lowest BCUT2D eigenvalue weighted by Gasteiger charge is -2.14. The Balaban J connectivity index is 0.879. The van der Waals surface area contributed by atoms with Crippen LogP contribution in [0.5, 0.6) is 0 Å². The molecule has 0 bridgehead atoms. The van der Waals surface area contributed by atoms with E-state index in [9.17, 15) is 0 Å². The number of rotatable bonds is 6. The van der Waals surface area contributed by atoms with Crippen LogP contribution in [0.25, 0.3) is 140 Å². The van der Waals surface area contributed by atoms with E-state index >= 15 is 0 Å². The minimum atomic E-state index is 0.830. The molecule has 0 aliphatic heterocycles. The maximum absolute atomic E-state index is 6.59. The van der Waals surface area contributed by atoms with Gasteiger partial charge in [0.2, 0.25) is 5.78 Å². The zero-order valence-corrected chi connectivity index (χ0v) is 36.8. The average molecular weight is 874 g/mol. The molecule has 0 amide bonds. The lowest BCUT2D eigenvalue weighted by molar-refractivity contribution is 0.668. The summed E-state index contributed by atoms with van der Waals surface area (Å²) in [5.74, 6) is 0.866. The second kappa shape index (κ2) is 13.7. The number of imidazole rings is 2. The van der Waals surface area contributed by atoms with E-state index in [4.69, 9.17) is 13.8 Å². The summed E-state index contributed by atoms with van der Waals surface area (Å²) < 4.78 is 22.4. The summed E-state index contributed by atoms with van der Waals surface area (Å²) in [6.45, 7) is 8.42. The van der Waals surface area contributed by atoms with Crippen LogP contribution in [0.15, 0.2) is 192 Å². The number of hydrogen-bond acceptors (Lipinski definition) is 3. The second-order valence-electron chi connectivity index (χ2n) is 17.9. The molecule has 0 radical (unpaired) electrons. The largest absolute Gasteiger partial charge is 0.456 e. The van der Waals surface area contributed by atoms with E-state index in [-0.39, 0.29) is 0 Å². The molecule has 0 saturated heterocycles. The molecule has 6 aromatic heterocycles. The fraction of sp³-hybridized carbons (Fsp3) is 0.0328. The van der Waals surface area contributed by atoms with Crippen LogP contribution in [0.2, 0.25) is 0 Å². The molecule has 0 unspecified atom stereocenters. The van der Waals surface area contributed by atoms with Gasteiger partial charge in [0.15, 0.2) is 0 Å². The van der Waals surface area contributed by atoms with Gasteiger partial charge in [0.25, 0.3) is 0 Å². The number of benzene rings is 8. The first-order valence-electron chi connectivity index (χ1n) is 23.2. The van der Waals surface area contributed by atoms with E-state index in [1.165, 1.54) is 27.6 Å². The third kappa shape index (κ3) is 4.99. The fourth-order valence-corrected chi connectivity index (χ4v) is 11.5. The van der Waals surface area contributed by atoms with Crippen LogP contribution in [-0.2, 0) is 6.42 Å². The molecule has 8 aromatic carbocycles. The van der Waals surface area contributed by atoms with E-state index in [0.717, 1.165) is 129 Å². The zero-order valence-electron chi connectivity index (χ0n) is 36.8. The van der Waals surface area contributed by atoms with Crippen LogP contribution in [0, 0.1) is 0 Å². The predicted molar refractivity (Wildman–Crippen MR) is 281 cm³/mol. The first kappa shape index (κ1) is 37.2. The first-order chi connectivity index (χ1) is 33.6. The van der Waals surface area contributed by atoms with Gasteiger partial charge in [-0.1, -0.05) is 86.0 Å². The van der Waals surface area contributed by atoms with Gasteiger partial charge in [-0.15, -0.1) is 0 Å². The highest BCUT2D eigenvalue weighted by atomic mass is 16.3. The van der Waals surface area contributed by atoms with Gasteiger partial charge in [-0.25, -0.2) is 4.98 Å². The van der Waals surface area contributed by atoms with Crippen molar-refractivity contribution >= 4 is 112 Å². The van der Waals surface area contributed by atoms with Gasteiger partial charge < -0.3 is 18.0 Å². The molecule has 0 spiro atoms. The van der Waals surface area contributed by atoms with Crippen LogP contribution in [0.1, 0.15) is 28.9 Å². The third-order valence-corrected chi connectivity index (χ3v) is 14.4. The number of furan rings is 2. The predicted octanol–water partition coefficient (Wildman–Crippen LogP) is 16.0. The molecular formula is C61H39N5O2. The van der Waals surface area contributed by atoms with Crippen molar-refractivity contribution < 1.29 is 8.83 Å². The van der Waals surface area contributed by atoms with Gasteiger partial charge in [0.05, 0.1) is 49.9 Å². The van der Waals surface area contributed by atoms with Crippen LogP contribution in [0.3, 0.4) is 0 Å². The Bertz CT molecular complexity index is 4550. The third-order valence-electron chi connectivity index (χ3n) is 14.4. The Hall–Kier alpha value is -9.07. The van der Waals surface area contributed by atoms with Gasteiger partial charge in [-0.05, 0) is 145 Å². The number of para-hydroxylation sites is 5. The van der Waals surface area contributed by atoms with Gasteiger partial charge in [-0.2, -0.15) is 0 Å². The van der Waals surface area contributed by atoms with Crippen molar-refractivity contribution in [2.75, 3.05) is 0 Å². The number of allylic oxidation sites excluding steroid dienone is 1. The Morgan fingerprint density at radius 1 is 0.500 bits per heavy atom. The van der Waals surface area contributed by atoms with Crippen LogP contribution in [-0.4, -0.2) is 23.1 Å². The molecule has 7 heteroatoms. The minimum Gasteiger partial charge on any atom is -0.456 e. The van der Waals surface area contributed by atoms with Crippen molar-refractivity contribution in [3.8, 4) is 28.2 Å². The smallest absolute Gasteiger partial charge is 0.220 e. The molecule has 0 N–H and O–H groups in total. The molecule has 7 nitrogen and oxygen atoms in total. The maximum atomic E-state index is 6.59. The van der Waals surface area contributed by atoms with E-state index in [1.807, 2.05) is 18.2 Å². The van der Waals surface area contributed by atoms with Crippen molar-refractivity contribution in [1.82, 2.24) is 23.1 Å². The highest BCUT2D eigenvalue weighted by Gasteiger charge is 2.24. The van der Waals surface area contributed by atoms with E-state index in [1.54, 1.807) is 0 Å². The summed E-state index contributed by atoms with van der Waals surface area (Å²) in [4.78, 5) is 5.18. The molecule has 68 heavy (non-hydrogen) atoms. The molecule has 0 fully saturated rings. The molecule has 14 aromatic rings. The first-order valence-corrected chi connectivity index (χ1v) is 23.2. The highest BCUT2D eigenvalue weighted by molar-refractivity contribution is 6.14. The van der Waals surface area contributed by atoms with Gasteiger partial charge in [0, 0.05) is 49.6 Å². The van der Waals surface area contributed by atoms with E-state index in [0.29, 0.717) is 0 Å². The molecule has 1 aliphatic rings. The fourth-order valence-electron chi connectivity index (χ4n) is 11.5. The Labute approximate surface area is 388 Å². The minimum absolute atomic E-state index is 0.830. The van der Waals surface area contributed by atoms with Gasteiger partial charge in [-0.3, -0.25) is 8.97 Å². The molecule has 0 atom stereocenters. The number of nitrogens with zero attached hydrogens (tertiary/aromatic N) is 5. The standard InChI is InChI=1S/C61H39N5O2/c1-3-40-41-14-5-8-17-49(41)63(48(40)4-2)38-26-28-51-43(34-38)42-15-6-9-18-50(42)64(51)39-27-31-57-45(35-39)44-32-36(24-29-56(44)67-57)37-25-30-58-46(33-37)60-55(22-13-23-59(60)68-58)66-54-21-12-11-20-53(54)65-52-19-10-7-16-47(52)62-61(65)66/h3-4,6-13,15-35H,1-2,5,14H2. The molecular weight excluding hydrogens is 835 g/mol. The number of hydrogen-bond donors (Lipinski definition) is 0. The Morgan fingerprint density at radius 2 is 1.16 bits per heavy atom. The summed E-state index contributed by atoms with van der Waals surface area (Å²) >= 11 is 0. The van der Waals surface area contributed by atoms with E-state index < -0.39 is 0 Å². The molecule has 320 valence electrons. The Kier molecular flexibility index (Phi) is 7.51. The topological polar surface area (TPSA) is 58.4 Å². The van der Waals surface area contributed by atoms with E-state index in [2.05, 4.69) is 201 Å². The van der Waals surface area contributed by atoms with Crippen molar-refractivity contribution in [2.45, 2.75) is 12.8 Å². The molecule has 1 aliphatic carbocycles. The zero-order chi connectivity index (χ0) is 44.8. The Morgan fingerprint density at radius 3 is 2.00 bits per heavy atom. The normalized spacial score (nSPS) is 12.9. The van der Waals surface area contributed by atoms with Crippen molar-refractivity contribution in [3.63, 3.8) is 0 Å². The number of fused-ring (bicyclic) bond motifs is 15. The molecule has 6 heterocycles. The van der Waals surface area contributed by atoms with Gasteiger partial charge >= 0.3 is 0 Å². The monoisotopic (exact) mass is 873 g/mol. The van der Waals surface area contributed by atoms with Crippen LogP contribution in [0.4, 0.5) is 0 Å². The van der Waals surface area contributed by atoms with Crippen LogP contribution >= 0.6 is 0 Å². The summed E-state index contributed by atoms with van der Waals surface area (Å²) in [5.41, 5.74) is 20.0. The highest BCUT2D eigenvalue weighted by Crippen LogP contribution is 2.42. The molecule has 0 saturated carbocycles. The van der Waals surface area contributed by atoms with Crippen LogP contribution < -0.4 is 0 Å². The second-order valence-corrected chi connectivity index (χ2v) is 17.9. The van der Waals surface area contributed by atoms with Gasteiger partial charge in [0.1, 0.15) is 22.3 Å². The average Bonchev–Trinajstić information content (AvgIpc) is 4.23. The molecule has 15 rings (SSSR count). The van der Waals surface area contributed by atoms with Crippen molar-refractivity contribution in [2.24, 2.45) is 0 Å². The van der Waals surface area contributed by atoms with Crippen molar-refractivity contribution in [1.29, 1.82) is 0 Å². The summed E-state index contributed by atoms with van der Waals surface area (Å²) in [5, 5.41) is 6.60.